The maximum Gasteiger partial charge on any atom is 0.282 e. The van der Waals surface area contributed by atoms with Gasteiger partial charge in [0.1, 0.15) is 5.75 Å². The number of imide groups is 1. The minimum absolute atomic E-state index is 0.137. The number of phenolic OH excluding ortho intramolecular Hbond substituents is 1. The summed E-state index contributed by atoms with van der Waals surface area (Å²) in [5, 5.41) is 15.8. The molecule has 3 aromatic carbocycles. The van der Waals surface area contributed by atoms with Crippen molar-refractivity contribution in [1.29, 1.82) is 0 Å². The van der Waals surface area contributed by atoms with Crippen LogP contribution in [0.5, 0.6) is 5.75 Å². The zero-order chi connectivity index (χ0) is 16.7. The molecule has 0 aromatic heterocycles. The molecule has 0 atom stereocenters. The number of rotatable bonds is 2. The van der Waals surface area contributed by atoms with Crippen LogP contribution in [-0.2, 0) is 0 Å². The lowest BCUT2D eigenvalue weighted by atomic mass is 9.95. The highest BCUT2D eigenvalue weighted by atomic mass is 16.3. The molecule has 0 unspecified atom stereocenters. The van der Waals surface area contributed by atoms with Gasteiger partial charge in [-0.3, -0.25) is 9.59 Å². The quantitative estimate of drug-likeness (QED) is 0.583. The molecule has 24 heavy (non-hydrogen) atoms. The number of aromatic hydroxyl groups is 1. The van der Waals surface area contributed by atoms with Crippen LogP contribution >= 0.6 is 0 Å². The van der Waals surface area contributed by atoms with E-state index in [-0.39, 0.29) is 5.75 Å². The Morgan fingerprint density at radius 2 is 1.42 bits per heavy atom. The van der Waals surface area contributed by atoms with E-state index in [1.807, 2.05) is 12.1 Å². The number of nitrogens with zero attached hydrogens (tertiary/aromatic N) is 2. The molecule has 0 saturated heterocycles. The Hall–Kier alpha value is -3.47. The number of hydrazone groups is 1. The van der Waals surface area contributed by atoms with Crippen LogP contribution in [-0.4, -0.2) is 28.1 Å². The van der Waals surface area contributed by atoms with Crippen molar-refractivity contribution in [2.45, 2.75) is 0 Å². The molecule has 116 valence electrons. The fourth-order valence-corrected chi connectivity index (χ4v) is 2.81. The molecule has 0 spiro atoms. The van der Waals surface area contributed by atoms with Crippen molar-refractivity contribution in [2.75, 3.05) is 0 Å². The standard InChI is InChI=1S/C19H12N2O3/c22-14-9-7-12(8-10-14)11-20-21-18(23)15-5-1-3-13-4-2-6-16(17(13)15)19(21)24/h1-11,22H/b20-11-. The number of carbonyl (C=O) groups is 2. The first kappa shape index (κ1) is 14.1. The maximum atomic E-state index is 12.6. The lowest BCUT2D eigenvalue weighted by Crippen LogP contribution is -2.36. The van der Waals surface area contributed by atoms with E-state index >= 15 is 0 Å². The molecule has 1 N–H and O–H groups in total. The molecule has 1 aliphatic rings. The smallest absolute Gasteiger partial charge is 0.282 e. The van der Waals surface area contributed by atoms with Gasteiger partial charge in [0.25, 0.3) is 11.8 Å². The second-order valence-corrected chi connectivity index (χ2v) is 5.47. The maximum absolute atomic E-state index is 12.6. The predicted octanol–water partition coefficient (Wildman–Crippen LogP) is 3.18. The Bertz CT molecular complexity index is 956. The third kappa shape index (κ3) is 2.14. The number of benzene rings is 3. The SMILES string of the molecule is O=C1c2cccc3cccc(c23)C(=O)N1/N=C\c1ccc(O)cc1. The molecule has 0 radical (unpaired) electrons. The van der Waals surface area contributed by atoms with Gasteiger partial charge in [-0.05, 0) is 47.3 Å². The van der Waals surface area contributed by atoms with E-state index in [1.165, 1.54) is 18.3 Å². The fraction of sp³-hybridized carbons (Fsp3) is 0. The Kier molecular flexibility index (Phi) is 3.13. The average molecular weight is 316 g/mol. The first-order chi connectivity index (χ1) is 11.6. The van der Waals surface area contributed by atoms with Crippen LogP contribution in [0.2, 0.25) is 0 Å². The summed E-state index contributed by atoms with van der Waals surface area (Å²) in [7, 11) is 0. The minimum atomic E-state index is -0.445. The highest BCUT2D eigenvalue weighted by molar-refractivity contribution is 6.25. The van der Waals surface area contributed by atoms with Crippen molar-refractivity contribution in [3.63, 3.8) is 0 Å². The molecule has 1 heterocycles. The number of carbonyl (C=O) groups excluding carboxylic acids is 2. The summed E-state index contributed by atoms with van der Waals surface area (Å²) < 4.78 is 0. The van der Waals surface area contributed by atoms with Gasteiger partial charge < -0.3 is 5.11 Å². The van der Waals surface area contributed by atoms with E-state index in [1.54, 1.807) is 36.4 Å². The zero-order valence-electron chi connectivity index (χ0n) is 12.5. The number of phenols is 1. The number of hydrogen-bond acceptors (Lipinski definition) is 4. The molecule has 0 saturated carbocycles. The second kappa shape index (κ2) is 5.31. The molecule has 0 aliphatic carbocycles. The van der Waals surface area contributed by atoms with Gasteiger partial charge in [-0.1, -0.05) is 24.3 Å². The lowest BCUT2D eigenvalue weighted by molar-refractivity contribution is 0.0616. The number of amides is 2. The van der Waals surface area contributed by atoms with Crippen LogP contribution in [0.4, 0.5) is 0 Å². The van der Waals surface area contributed by atoms with Crippen molar-refractivity contribution < 1.29 is 14.7 Å². The van der Waals surface area contributed by atoms with Gasteiger partial charge in [-0.25, -0.2) is 0 Å². The van der Waals surface area contributed by atoms with Gasteiger partial charge >= 0.3 is 0 Å². The third-order valence-corrected chi connectivity index (χ3v) is 3.97. The van der Waals surface area contributed by atoms with Crippen LogP contribution in [0.15, 0.2) is 65.8 Å². The van der Waals surface area contributed by atoms with Gasteiger partial charge in [-0.15, -0.1) is 0 Å². The molecular formula is C19H12N2O3. The van der Waals surface area contributed by atoms with E-state index in [9.17, 15) is 14.7 Å². The van der Waals surface area contributed by atoms with E-state index in [4.69, 9.17) is 0 Å². The lowest BCUT2D eigenvalue weighted by Gasteiger charge is -2.22. The highest BCUT2D eigenvalue weighted by Gasteiger charge is 2.32. The molecule has 0 fully saturated rings. The van der Waals surface area contributed by atoms with Crippen molar-refractivity contribution >= 4 is 28.8 Å². The predicted molar refractivity (Wildman–Crippen MR) is 90.1 cm³/mol. The molecule has 4 rings (SSSR count). The highest BCUT2D eigenvalue weighted by Crippen LogP contribution is 2.30. The minimum Gasteiger partial charge on any atom is -0.508 e. The van der Waals surface area contributed by atoms with E-state index in [0.717, 1.165) is 10.4 Å². The Morgan fingerprint density at radius 3 is 2.00 bits per heavy atom. The van der Waals surface area contributed by atoms with Gasteiger partial charge in [0.05, 0.1) is 17.3 Å². The third-order valence-electron chi connectivity index (χ3n) is 3.97. The monoisotopic (exact) mass is 316 g/mol. The summed E-state index contributed by atoms with van der Waals surface area (Å²) in [6.07, 6.45) is 1.42. The molecule has 0 bridgehead atoms. The molecule has 2 amide bonds. The van der Waals surface area contributed by atoms with Crippen molar-refractivity contribution in [3.8, 4) is 5.75 Å². The largest absolute Gasteiger partial charge is 0.508 e. The molecule has 1 aliphatic heterocycles. The normalized spacial score (nSPS) is 13.9. The molecule has 5 nitrogen and oxygen atoms in total. The summed E-state index contributed by atoms with van der Waals surface area (Å²) in [5.74, 6) is -0.753. The molecular weight excluding hydrogens is 304 g/mol. The van der Waals surface area contributed by atoms with Crippen molar-refractivity contribution in [3.05, 3.63) is 77.4 Å². The van der Waals surface area contributed by atoms with E-state index < -0.39 is 11.8 Å². The second-order valence-electron chi connectivity index (χ2n) is 5.47. The van der Waals surface area contributed by atoms with Crippen LogP contribution in [0.3, 0.4) is 0 Å². The van der Waals surface area contributed by atoms with Crippen LogP contribution in [0, 0.1) is 0 Å². The Morgan fingerprint density at radius 1 is 0.833 bits per heavy atom. The number of hydrogen-bond donors (Lipinski definition) is 1. The van der Waals surface area contributed by atoms with Crippen LogP contribution < -0.4 is 0 Å². The summed E-state index contributed by atoms with van der Waals surface area (Å²) >= 11 is 0. The van der Waals surface area contributed by atoms with Crippen molar-refractivity contribution in [2.24, 2.45) is 5.10 Å². The van der Waals surface area contributed by atoms with E-state index in [0.29, 0.717) is 22.1 Å². The summed E-state index contributed by atoms with van der Waals surface area (Å²) in [6, 6.07) is 17.0. The first-order valence-electron chi connectivity index (χ1n) is 7.39. The fourth-order valence-electron chi connectivity index (χ4n) is 2.81. The van der Waals surface area contributed by atoms with Crippen molar-refractivity contribution in [1.82, 2.24) is 5.01 Å². The molecule has 3 aromatic rings. The summed E-state index contributed by atoms with van der Waals surface area (Å²) in [5.41, 5.74) is 1.60. The zero-order valence-corrected chi connectivity index (χ0v) is 12.5. The van der Waals surface area contributed by atoms with Gasteiger partial charge in [0.15, 0.2) is 0 Å². The average Bonchev–Trinajstić information content (AvgIpc) is 2.61. The topological polar surface area (TPSA) is 70.0 Å². The van der Waals surface area contributed by atoms with Gasteiger partial charge in [0, 0.05) is 5.39 Å². The first-order valence-corrected chi connectivity index (χ1v) is 7.39. The Labute approximate surface area is 137 Å². The Balaban J connectivity index is 1.78. The van der Waals surface area contributed by atoms with Crippen LogP contribution in [0.1, 0.15) is 26.3 Å². The molecule has 5 heteroatoms. The van der Waals surface area contributed by atoms with Crippen LogP contribution in [0.25, 0.3) is 10.8 Å². The van der Waals surface area contributed by atoms with Gasteiger partial charge in [0.2, 0.25) is 0 Å². The van der Waals surface area contributed by atoms with E-state index in [2.05, 4.69) is 5.10 Å². The summed E-state index contributed by atoms with van der Waals surface area (Å²) in [4.78, 5) is 25.3. The summed E-state index contributed by atoms with van der Waals surface area (Å²) in [6.45, 7) is 0. The van der Waals surface area contributed by atoms with Gasteiger partial charge in [-0.2, -0.15) is 10.1 Å².